The Labute approximate surface area is 179 Å². The summed E-state index contributed by atoms with van der Waals surface area (Å²) in [5.41, 5.74) is 2.95. The van der Waals surface area contributed by atoms with E-state index in [2.05, 4.69) is 17.2 Å². The van der Waals surface area contributed by atoms with Crippen LogP contribution in [0.5, 0.6) is 0 Å². The smallest absolute Gasteiger partial charge is 0.255 e. The van der Waals surface area contributed by atoms with E-state index in [0.717, 1.165) is 50.1 Å². The maximum Gasteiger partial charge on any atom is 0.255 e. The van der Waals surface area contributed by atoms with Gasteiger partial charge in [-0.2, -0.15) is 0 Å². The van der Waals surface area contributed by atoms with Gasteiger partial charge < -0.3 is 23.9 Å². The zero-order chi connectivity index (χ0) is 21.3. The topological polar surface area (TPSA) is 74.1 Å². The maximum absolute atomic E-state index is 13.0. The minimum Gasteiger partial charge on any atom is -0.378 e. The molecule has 2 heterocycles. The van der Waals surface area contributed by atoms with Gasteiger partial charge in [0.2, 0.25) is 0 Å². The minimum atomic E-state index is -0.0738. The number of hydrogen-bond donors (Lipinski definition) is 1. The SMILES string of the molecule is CCCCCO[C@H]1CC[C@H](NC(=O)c2ccn3c(COC)cc(COC)nc23)CC1. The normalized spacial score (nSPS) is 19.3. The predicted octanol–water partition coefficient (Wildman–Crippen LogP) is 3.87. The second kappa shape index (κ2) is 11.4. The predicted molar refractivity (Wildman–Crippen MR) is 116 cm³/mol. The molecule has 30 heavy (non-hydrogen) atoms. The first-order valence-electron chi connectivity index (χ1n) is 11.1. The fraction of sp³-hybridized carbons (Fsp3) is 0.652. The van der Waals surface area contributed by atoms with E-state index in [-0.39, 0.29) is 11.9 Å². The third-order valence-electron chi connectivity index (χ3n) is 5.69. The summed E-state index contributed by atoms with van der Waals surface area (Å²) in [6, 6.07) is 3.96. The molecule has 0 saturated heterocycles. The molecular weight excluding hydrogens is 382 g/mol. The fourth-order valence-corrected chi connectivity index (χ4v) is 4.10. The first-order valence-corrected chi connectivity index (χ1v) is 11.1. The quantitative estimate of drug-likeness (QED) is 0.562. The summed E-state index contributed by atoms with van der Waals surface area (Å²) in [5, 5.41) is 3.20. The number of aromatic nitrogens is 2. The molecule has 1 aliphatic rings. The molecule has 0 unspecified atom stereocenters. The van der Waals surface area contributed by atoms with Crippen molar-refractivity contribution >= 4 is 11.6 Å². The van der Waals surface area contributed by atoms with Crippen molar-refractivity contribution < 1.29 is 19.0 Å². The summed E-state index contributed by atoms with van der Waals surface area (Å²) in [6.07, 6.45) is 9.69. The van der Waals surface area contributed by atoms with Gasteiger partial charge in [-0.25, -0.2) is 4.98 Å². The van der Waals surface area contributed by atoms with Crippen LogP contribution in [0.4, 0.5) is 0 Å². The van der Waals surface area contributed by atoms with E-state index in [9.17, 15) is 4.79 Å². The van der Waals surface area contributed by atoms with Gasteiger partial charge in [0.05, 0.1) is 36.3 Å². The van der Waals surface area contributed by atoms with E-state index in [1.165, 1.54) is 12.8 Å². The van der Waals surface area contributed by atoms with E-state index < -0.39 is 0 Å². The van der Waals surface area contributed by atoms with Gasteiger partial charge in [0, 0.05) is 33.1 Å². The molecule has 0 bridgehead atoms. The van der Waals surface area contributed by atoms with Crippen molar-refractivity contribution in [2.75, 3.05) is 20.8 Å². The van der Waals surface area contributed by atoms with Crippen molar-refractivity contribution in [3.63, 3.8) is 0 Å². The van der Waals surface area contributed by atoms with Crippen molar-refractivity contribution in [1.82, 2.24) is 14.7 Å². The molecule has 0 radical (unpaired) electrons. The summed E-state index contributed by atoms with van der Waals surface area (Å²) in [5.74, 6) is -0.0738. The number of amides is 1. The Morgan fingerprint density at radius 1 is 1.17 bits per heavy atom. The number of ether oxygens (including phenoxy) is 3. The van der Waals surface area contributed by atoms with Gasteiger partial charge in [0.25, 0.3) is 5.91 Å². The summed E-state index contributed by atoms with van der Waals surface area (Å²) in [4.78, 5) is 17.6. The van der Waals surface area contributed by atoms with E-state index in [1.54, 1.807) is 14.2 Å². The zero-order valence-electron chi connectivity index (χ0n) is 18.5. The highest BCUT2D eigenvalue weighted by molar-refractivity contribution is 6.00. The summed E-state index contributed by atoms with van der Waals surface area (Å²) < 4.78 is 18.5. The van der Waals surface area contributed by atoms with Gasteiger partial charge in [-0.05, 0) is 44.2 Å². The minimum absolute atomic E-state index is 0.0738. The first kappa shape index (κ1) is 22.7. The first-order chi connectivity index (χ1) is 14.7. The fourth-order valence-electron chi connectivity index (χ4n) is 4.10. The van der Waals surface area contributed by atoms with Crippen LogP contribution in [0.3, 0.4) is 0 Å². The molecule has 1 aliphatic carbocycles. The molecule has 2 aromatic rings. The lowest BCUT2D eigenvalue weighted by Gasteiger charge is -2.29. The highest BCUT2D eigenvalue weighted by Gasteiger charge is 2.24. The van der Waals surface area contributed by atoms with Gasteiger partial charge in [0.1, 0.15) is 5.65 Å². The van der Waals surface area contributed by atoms with Crippen LogP contribution in [0.1, 0.15) is 73.6 Å². The van der Waals surface area contributed by atoms with Crippen LogP contribution in [0.25, 0.3) is 5.65 Å². The Kier molecular flexibility index (Phi) is 8.66. The zero-order valence-corrected chi connectivity index (χ0v) is 18.5. The van der Waals surface area contributed by atoms with Crippen LogP contribution in [0.2, 0.25) is 0 Å². The molecule has 0 spiro atoms. The van der Waals surface area contributed by atoms with Crippen molar-refractivity contribution in [2.24, 2.45) is 0 Å². The van der Waals surface area contributed by atoms with E-state index in [4.69, 9.17) is 14.2 Å². The molecule has 1 fully saturated rings. The van der Waals surface area contributed by atoms with Gasteiger partial charge in [-0.3, -0.25) is 4.79 Å². The van der Waals surface area contributed by atoms with Crippen molar-refractivity contribution in [3.05, 3.63) is 35.3 Å². The largest absolute Gasteiger partial charge is 0.378 e. The molecule has 2 aromatic heterocycles. The van der Waals surface area contributed by atoms with Crippen molar-refractivity contribution in [1.29, 1.82) is 0 Å². The lowest BCUT2D eigenvalue weighted by atomic mass is 9.92. The maximum atomic E-state index is 13.0. The number of methoxy groups -OCH3 is 2. The van der Waals surface area contributed by atoms with Gasteiger partial charge in [0.15, 0.2) is 0 Å². The number of carbonyl (C=O) groups excluding carboxylic acids is 1. The summed E-state index contributed by atoms with van der Waals surface area (Å²) in [6.45, 7) is 3.88. The van der Waals surface area contributed by atoms with Crippen LogP contribution in [-0.4, -0.2) is 48.3 Å². The lowest BCUT2D eigenvalue weighted by molar-refractivity contribution is 0.0205. The number of nitrogens with zero attached hydrogens (tertiary/aromatic N) is 2. The highest BCUT2D eigenvalue weighted by Crippen LogP contribution is 2.23. The Bertz CT molecular complexity index is 812. The molecule has 0 atom stereocenters. The monoisotopic (exact) mass is 417 g/mol. The molecule has 0 aromatic carbocycles. The van der Waals surface area contributed by atoms with Crippen LogP contribution in [0.15, 0.2) is 18.3 Å². The number of carbonyl (C=O) groups is 1. The molecular formula is C23H35N3O4. The summed E-state index contributed by atoms with van der Waals surface area (Å²) in [7, 11) is 3.29. The second-order valence-corrected chi connectivity index (χ2v) is 8.05. The second-order valence-electron chi connectivity index (χ2n) is 8.05. The van der Waals surface area contributed by atoms with Gasteiger partial charge in [-0.1, -0.05) is 19.8 Å². The van der Waals surface area contributed by atoms with Crippen LogP contribution < -0.4 is 5.32 Å². The molecule has 1 amide bonds. The molecule has 166 valence electrons. The molecule has 7 heteroatoms. The van der Waals surface area contributed by atoms with Crippen molar-refractivity contribution in [3.8, 4) is 0 Å². The highest BCUT2D eigenvalue weighted by atomic mass is 16.5. The van der Waals surface area contributed by atoms with E-state index in [0.29, 0.717) is 30.5 Å². The van der Waals surface area contributed by atoms with Crippen molar-refractivity contribution in [2.45, 2.75) is 77.2 Å². The number of nitrogens with one attached hydrogen (secondary N) is 1. The Hall–Kier alpha value is -1.96. The Morgan fingerprint density at radius 2 is 1.93 bits per heavy atom. The van der Waals surface area contributed by atoms with Gasteiger partial charge >= 0.3 is 0 Å². The summed E-state index contributed by atoms with van der Waals surface area (Å²) >= 11 is 0. The average molecular weight is 418 g/mol. The number of fused-ring (bicyclic) bond motifs is 1. The number of rotatable bonds is 11. The van der Waals surface area contributed by atoms with E-state index in [1.807, 2.05) is 22.7 Å². The number of unbranched alkanes of at least 4 members (excludes halogenated alkanes) is 2. The van der Waals surface area contributed by atoms with E-state index >= 15 is 0 Å². The molecule has 7 nitrogen and oxygen atoms in total. The van der Waals surface area contributed by atoms with Crippen LogP contribution in [-0.2, 0) is 27.4 Å². The van der Waals surface area contributed by atoms with Crippen LogP contribution in [0, 0.1) is 0 Å². The molecule has 1 saturated carbocycles. The molecule has 3 rings (SSSR count). The van der Waals surface area contributed by atoms with Crippen LogP contribution >= 0.6 is 0 Å². The van der Waals surface area contributed by atoms with Gasteiger partial charge in [-0.15, -0.1) is 0 Å². The number of hydrogen-bond acceptors (Lipinski definition) is 5. The molecule has 0 aliphatic heterocycles. The molecule has 1 N–H and O–H groups in total. The Balaban J connectivity index is 1.62. The lowest BCUT2D eigenvalue weighted by Crippen LogP contribution is -2.39. The standard InChI is InChI=1S/C23H35N3O4/c1-4-5-6-13-30-20-9-7-17(8-10-20)25-23(27)21-11-12-26-19(16-29-3)14-18(15-28-2)24-22(21)26/h11-12,14,17,20H,4-10,13,15-16H2,1-3H3,(H,25,27)/t17-,20-. The Morgan fingerprint density at radius 3 is 2.63 bits per heavy atom. The average Bonchev–Trinajstić information content (AvgIpc) is 3.17. The third kappa shape index (κ3) is 5.80. The third-order valence-corrected chi connectivity index (χ3v) is 5.69.